The summed E-state index contributed by atoms with van der Waals surface area (Å²) < 4.78 is 0.560. The lowest BCUT2D eigenvalue weighted by Crippen LogP contribution is -2.23. The van der Waals surface area contributed by atoms with Crippen molar-refractivity contribution in [3.05, 3.63) is 37.8 Å². The van der Waals surface area contributed by atoms with E-state index in [1.807, 2.05) is 19.9 Å². The predicted molar refractivity (Wildman–Crippen MR) is 67.6 cm³/mol. The molecular weight excluding hydrogens is 272 g/mol. The normalized spacial score (nSPS) is 13.4. The smallest absolute Gasteiger partial charge is 0.283 e. The van der Waals surface area contributed by atoms with E-state index in [9.17, 15) is 10.1 Å². The van der Waals surface area contributed by atoms with E-state index in [0.717, 1.165) is 30.6 Å². The zero-order valence-electron chi connectivity index (χ0n) is 9.42. The Morgan fingerprint density at radius 2 is 2.06 bits per heavy atom. The van der Waals surface area contributed by atoms with Gasteiger partial charge in [0.05, 0.1) is 9.40 Å². The number of hydrogen-bond acceptors (Lipinski definition) is 3. The monoisotopic (exact) mass is 286 g/mol. The highest BCUT2D eigenvalue weighted by molar-refractivity contribution is 9.10. The minimum Gasteiger partial charge on any atom is -0.312 e. The van der Waals surface area contributed by atoms with Crippen molar-refractivity contribution in [1.82, 2.24) is 5.32 Å². The number of nitro benzene ring substituents is 1. The Labute approximate surface area is 103 Å². The first kappa shape index (κ1) is 13.1. The van der Waals surface area contributed by atoms with Crippen molar-refractivity contribution >= 4 is 21.6 Å². The number of nitro groups is 1. The number of nitrogens with one attached hydrogen (secondary N) is 1. The van der Waals surface area contributed by atoms with Crippen LogP contribution < -0.4 is 5.32 Å². The number of nitrogens with zero attached hydrogens (tertiary/aromatic N) is 1. The summed E-state index contributed by atoms with van der Waals surface area (Å²) in [4.78, 5) is 10.3. The molecule has 1 aliphatic rings. The van der Waals surface area contributed by atoms with E-state index < -0.39 is 0 Å². The summed E-state index contributed by atoms with van der Waals surface area (Å²) in [5.74, 6) is 0. The van der Waals surface area contributed by atoms with Crippen LogP contribution in [0.15, 0.2) is 16.6 Å². The third-order valence-electron chi connectivity index (χ3n) is 2.35. The number of rotatable bonds is 1. The molecule has 0 aromatic heterocycles. The zero-order chi connectivity index (χ0) is 12.1. The summed E-state index contributed by atoms with van der Waals surface area (Å²) in [6.07, 6.45) is 0.865. The molecule has 0 radical (unpaired) electrons. The number of fused-ring (bicyclic) bond motifs is 1. The van der Waals surface area contributed by atoms with Crippen molar-refractivity contribution in [2.24, 2.45) is 0 Å². The molecule has 5 heteroatoms. The molecule has 1 aliphatic heterocycles. The van der Waals surface area contributed by atoms with Gasteiger partial charge in [0.1, 0.15) is 0 Å². The Bertz CT molecular complexity index is 394. The van der Waals surface area contributed by atoms with Crippen LogP contribution in [-0.2, 0) is 13.0 Å². The first-order chi connectivity index (χ1) is 7.68. The molecule has 1 aromatic rings. The number of halogens is 1. The summed E-state index contributed by atoms with van der Waals surface area (Å²) in [5.41, 5.74) is 2.39. The van der Waals surface area contributed by atoms with Crippen LogP contribution in [0.25, 0.3) is 0 Å². The van der Waals surface area contributed by atoms with Crippen LogP contribution in [0.1, 0.15) is 25.0 Å². The Hall–Kier alpha value is -0.940. The summed E-state index contributed by atoms with van der Waals surface area (Å²) in [7, 11) is 0. The average molecular weight is 287 g/mol. The highest BCUT2D eigenvalue weighted by Crippen LogP contribution is 2.29. The van der Waals surface area contributed by atoms with Crippen LogP contribution in [0.5, 0.6) is 0 Å². The van der Waals surface area contributed by atoms with Crippen LogP contribution in [-0.4, -0.2) is 11.5 Å². The molecule has 0 amide bonds. The molecule has 1 N–H and O–H groups in total. The summed E-state index contributed by atoms with van der Waals surface area (Å²) in [6.45, 7) is 5.69. The largest absolute Gasteiger partial charge is 0.312 e. The van der Waals surface area contributed by atoms with Gasteiger partial charge in [-0.15, -0.1) is 0 Å². The lowest BCUT2D eigenvalue weighted by Gasteiger charge is -2.16. The van der Waals surface area contributed by atoms with Gasteiger partial charge in [-0.2, -0.15) is 0 Å². The van der Waals surface area contributed by atoms with Crippen LogP contribution in [0.3, 0.4) is 0 Å². The van der Waals surface area contributed by atoms with Crippen LogP contribution in [0.4, 0.5) is 5.69 Å². The van der Waals surface area contributed by atoms with Gasteiger partial charge in [0.2, 0.25) is 0 Å². The number of hydrogen-bond donors (Lipinski definition) is 1. The van der Waals surface area contributed by atoms with E-state index in [1.165, 1.54) is 0 Å². The molecule has 1 aromatic carbocycles. The molecule has 1 heterocycles. The van der Waals surface area contributed by atoms with Crippen molar-refractivity contribution in [2.45, 2.75) is 26.8 Å². The molecule has 0 saturated carbocycles. The molecule has 88 valence electrons. The van der Waals surface area contributed by atoms with Gasteiger partial charge in [0.25, 0.3) is 5.69 Å². The van der Waals surface area contributed by atoms with Crippen molar-refractivity contribution in [3.8, 4) is 0 Å². The molecule has 0 bridgehead atoms. The maximum absolute atomic E-state index is 10.7. The van der Waals surface area contributed by atoms with Gasteiger partial charge < -0.3 is 5.32 Å². The topological polar surface area (TPSA) is 55.2 Å². The Morgan fingerprint density at radius 3 is 2.69 bits per heavy atom. The average Bonchev–Trinajstić information content (AvgIpc) is 2.30. The first-order valence-corrected chi connectivity index (χ1v) is 6.14. The molecular formula is C11H15BrN2O2. The molecule has 4 nitrogen and oxygen atoms in total. The second-order valence-electron chi connectivity index (χ2n) is 3.26. The van der Waals surface area contributed by atoms with E-state index in [-0.39, 0.29) is 10.6 Å². The van der Waals surface area contributed by atoms with Gasteiger partial charge in [-0.3, -0.25) is 10.1 Å². The maximum atomic E-state index is 10.7. The molecule has 2 rings (SSSR count). The fourth-order valence-corrected chi connectivity index (χ4v) is 2.17. The third kappa shape index (κ3) is 2.80. The van der Waals surface area contributed by atoms with E-state index >= 15 is 0 Å². The van der Waals surface area contributed by atoms with Gasteiger partial charge in [-0.1, -0.05) is 13.8 Å². The Kier molecular flexibility index (Phi) is 4.89. The van der Waals surface area contributed by atoms with E-state index in [4.69, 9.17) is 0 Å². The first-order valence-electron chi connectivity index (χ1n) is 5.35. The van der Waals surface area contributed by atoms with E-state index in [0.29, 0.717) is 4.47 Å². The summed E-state index contributed by atoms with van der Waals surface area (Å²) >= 11 is 3.21. The van der Waals surface area contributed by atoms with Crippen molar-refractivity contribution in [2.75, 3.05) is 6.54 Å². The van der Waals surface area contributed by atoms with Crippen LogP contribution in [0, 0.1) is 10.1 Å². The van der Waals surface area contributed by atoms with Crippen LogP contribution in [0.2, 0.25) is 0 Å². The van der Waals surface area contributed by atoms with Crippen molar-refractivity contribution < 1.29 is 4.92 Å². The molecule has 0 unspecified atom stereocenters. The summed E-state index contributed by atoms with van der Waals surface area (Å²) in [6, 6.07) is 3.50. The van der Waals surface area contributed by atoms with Gasteiger partial charge in [-0.25, -0.2) is 0 Å². The molecule has 16 heavy (non-hydrogen) atoms. The minimum absolute atomic E-state index is 0.158. The fraction of sp³-hybridized carbons (Fsp3) is 0.455. The van der Waals surface area contributed by atoms with Crippen LogP contribution >= 0.6 is 15.9 Å². The lowest BCUT2D eigenvalue weighted by molar-refractivity contribution is -0.385. The third-order valence-corrected chi connectivity index (χ3v) is 2.99. The SMILES string of the molecule is CC.O=[N+]([O-])c1cc2c(cc1Br)CNCC2. The zero-order valence-corrected chi connectivity index (χ0v) is 11.0. The molecule has 0 saturated heterocycles. The highest BCUT2D eigenvalue weighted by atomic mass is 79.9. The highest BCUT2D eigenvalue weighted by Gasteiger charge is 2.17. The molecule has 0 aliphatic carbocycles. The van der Waals surface area contributed by atoms with Crippen molar-refractivity contribution in [3.63, 3.8) is 0 Å². The Balaban J connectivity index is 0.000000606. The molecule has 0 spiro atoms. The standard InChI is InChI=1S/C9H9BrN2O2.C2H6/c10-8-3-7-5-11-2-1-6(7)4-9(8)12(13)14;1-2/h3-4,11H,1-2,5H2;1-2H3. The van der Waals surface area contributed by atoms with Gasteiger partial charge in [0, 0.05) is 12.6 Å². The van der Waals surface area contributed by atoms with Crippen molar-refractivity contribution in [1.29, 1.82) is 0 Å². The maximum Gasteiger partial charge on any atom is 0.283 e. The fourth-order valence-electron chi connectivity index (χ4n) is 1.63. The second-order valence-corrected chi connectivity index (χ2v) is 4.11. The quantitative estimate of drug-likeness (QED) is 0.638. The van der Waals surface area contributed by atoms with E-state index in [1.54, 1.807) is 6.07 Å². The second kappa shape index (κ2) is 5.96. The predicted octanol–water partition coefficient (Wildman–Crippen LogP) is 3.03. The summed E-state index contributed by atoms with van der Waals surface area (Å²) in [5, 5.41) is 13.9. The van der Waals surface area contributed by atoms with Gasteiger partial charge >= 0.3 is 0 Å². The molecule has 0 fully saturated rings. The molecule has 0 atom stereocenters. The van der Waals surface area contributed by atoms with E-state index in [2.05, 4.69) is 21.2 Å². The minimum atomic E-state index is -0.355. The number of benzene rings is 1. The van der Waals surface area contributed by atoms with Gasteiger partial charge in [-0.05, 0) is 46.1 Å². The Morgan fingerprint density at radius 1 is 1.38 bits per heavy atom. The lowest BCUT2D eigenvalue weighted by atomic mass is 10.0. The van der Waals surface area contributed by atoms with Gasteiger partial charge in [0.15, 0.2) is 0 Å².